The van der Waals surface area contributed by atoms with Crippen molar-refractivity contribution in [1.29, 1.82) is 0 Å². The number of nitrogens with zero attached hydrogens (tertiary/aromatic N) is 1. The minimum atomic E-state index is -4.54. The fourth-order valence-electron chi connectivity index (χ4n) is 1.65. The summed E-state index contributed by atoms with van der Waals surface area (Å²) in [7, 11) is 0. The summed E-state index contributed by atoms with van der Waals surface area (Å²) in [5.74, 6) is -1.57. The Hall–Kier alpha value is -2.84. The van der Waals surface area contributed by atoms with Crippen LogP contribution in [0.25, 0.3) is 0 Å². The van der Waals surface area contributed by atoms with E-state index in [1.165, 1.54) is 25.3 Å². The molecule has 2 rings (SSSR count). The second-order valence-electron chi connectivity index (χ2n) is 4.59. The van der Waals surface area contributed by atoms with E-state index >= 15 is 0 Å². The number of hydrogen-bond donors (Lipinski definition) is 2. The zero-order valence-corrected chi connectivity index (χ0v) is 11.8. The molecule has 23 heavy (non-hydrogen) atoms. The van der Waals surface area contributed by atoms with Gasteiger partial charge < -0.3 is 15.1 Å². The molecule has 0 aromatic carbocycles. The Labute approximate surface area is 128 Å². The van der Waals surface area contributed by atoms with Gasteiger partial charge in [-0.05, 0) is 31.2 Å². The largest absolute Gasteiger partial charge is 0.459 e. The van der Waals surface area contributed by atoms with Crippen molar-refractivity contribution < 1.29 is 27.2 Å². The van der Waals surface area contributed by atoms with Crippen molar-refractivity contribution in [3.8, 4) is 0 Å². The van der Waals surface area contributed by atoms with E-state index in [-0.39, 0.29) is 11.6 Å². The normalized spacial score (nSPS) is 12.5. The van der Waals surface area contributed by atoms with Crippen LogP contribution < -0.4 is 10.6 Å². The van der Waals surface area contributed by atoms with Gasteiger partial charge in [0.2, 0.25) is 5.91 Å². The highest BCUT2D eigenvalue weighted by Crippen LogP contribution is 2.29. The lowest BCUT2D eigenvalue weighted by atomic mass is 10.2. The van der Waals surface area contributed by atoms with Gasteiger partial charge in [-0.15, -0.1) is 0 Å². The van der Waals surface area contributed by atoms with Crippen LogP contribution in [0, 0.1) is 0 Å². The zero-order valence-electron chi connectivity index (χ0n) is 11.8. The van der Waals surface area contributed by atoms with Gasteiger partial charge in [0.25, 0.3) is 5.91 Å². The monoisotopic (exact) mass is 327 g/mol. The van der Waals surface area contributed by atoms with Crippen molar-refractivity contribution in [3.63, 3.8) is 0 Å². The number of nitrogens with one attached hydrogen (secondary N) is 2. The van der Waals surface area contributed by atoms with Gasteiger partial charge in [-0.3, -0.25) is 9.59 Å². The molecule has 0 saturated carbocycles. The molecule has 2 heterocycles. The first kappa shape index (κ1) is 16.5. The average Bonchev–Trinajstić information content (AvgIpc) is 3.00. The molecule has 2 aromatic heterocycles. The number of pyridine rings is 1. The third-order valence-corrected chi connectivity index (χ3v) is 2.82. The summed E-state index contributed by atoms with van der Waals surface area (Å²) in [5, 5.41) is 4.56. The van der Waals surface area contributed by atoms with Gasteiger partial charge in [0.1, 0.15) is 11.9 Å². The van der Waals surface area contributed by atoms with Crippen molar-refractivity contribution in [1.82, 2.24) is 10.3 Å². The number of anilines is 1. The number of aromatic nitrogens is 1. The maximum atomic E-state index is 12.6. The number of furan rings is 1. The first-order chi connectivity index (χ1) is 10.8. The predicted octanol–water partition coefficient (Wildman–Crippen LogP) is 2.45. The topological polar surface area (TPSA) is 84.2 Å². The summed E-state index contributed by atoms with van der Waals surface area (Å²) >= 11 is 0. The molecule has 0 unspecified atom stereocenters. The lowest BCUT2D eigenvalue weighted by Gasteiger charge is -2.14. The van der Waals surface area contributed by atoms with Crippen LogP contribution in [0.2, 0.25) is 0 Å². The number of carbonyl (C=O) groups excluding carboxylic acids is 2. The summed E-state index contributed by atoms with van der Waals surface area (Å²) in [6.07, 6.45) is -2.31. The predicted molar refractivity (Wildman–Crippen MR) is 73.5 cm³/mol. The maximum Gasteiger partial charge on any atom is 0.416 e. The number of rotatable bonds is 4. The van der Waals surface area contributed by atoms with E-state index in [2.05, 4.69) is 15.6 Å². The van der Waals surface area contributed by atoms with Crippen molar-refractivity contribution in [2.45, 2.75) is 19.1 Å². The first-order valence-corrected chi connectivity index (χ1v) is 6.46. The van der Waals surface area contributed by atoms with Crippen molar-refractivity contribution in [2.24, 2.45) is 0 Å². The molecule has 122 valence electrons. The summed E-state index contributed by atoms with van der Waals surface area (Å²) < 4.78 is 42.6. The molecule has 2 amide bonds. The molecule has 0 aliphatic rings. The van der Waals surface area contributed by atoms with Crippen LogP contribution >= 0.6 is 0 Å². The number of amides is 2. The second kappa shape index (κ2) is 6.51. The fraction of sp³-hybridized carbons (Fsp3) is 0.214. The van der Waals surface area contributed by atoms with E-state index in [1.807, 2.05) is 0 Å². The second-order valence-corrected chi connectivity index (χ2v) is 4.59. The number of hydrogen-bond acceptors (Lipinski definition) is 4. The van der Waals surface area contributed by atoms with E-state index in [0.29, 0.717) is 6.07 Å². The van der Waals surface area contributed by atoms with Gasteiger partial charge in [-0.2, -0.15) is 13.2 Å². The van der Waals surface area contributed by atoms with Crippen molar-refractivity contribution in [2.75, 3.05) is 5.32 Å². The molecule has 0 bridgehead atoms. The van der Waals surface area contributed by atoms with Crippen LogP contribution in [0.5, 0.6) is 0 Å². The SMILES string of the molecule is C[C@H](NC(=O)c1ccco1)C(=O)Nc1cc(C(F)(F)F)ccn1. The molecule has 2 N–H and O–H groups in total. The lowest BCUT2D eigenvalue weighted by Crippen LogP contribution is -2.41. The zero-order chi connectivity index (χ0) is 17.0. The standard InChI is InChI=1S/C14H12F3N3O3/c1-8(19-13(22)10-3-2-6-23-10)12(21)20-11-7-9(4-5-18-11)14(15,16)17/h2-8H,1H3,(H,19,22)(H,18,20,21)/t8-/m0/s1. The average molecular weight is 327 g/mol. The molecule has 9 heteroatoms. The molecule has 0 aliphatic heterocycles. The Balaban J connectivity index is 2.00. The van der Waals surface area contributed by atoms with Crippen LogP contribution in [0.15, 0.2) is 41.1 Å². The molecule has 0 saturated heterocycles. The molecule has 0 spiro atoms. The Morgan fingerprint density at radius 2 is 2.04 bits per heavy atom. The van der Waals surface area contributed by atoms with Gasteiger partial charge in [0.15, 0.2) is 5.76 Å². The van der Waals surface area contributed by atoms with E-state index < -0.39 is 29.6 Å². The Bertz CT molecular complexity index is 699. The van der Waals surface area contributed by atoms with Crippen LogP contribution in [0.1, 0.15) is 23.0 Å². The van der Waals surface area contributed by atoms with Crippen LogP contribution in [0.4, 0.5) is 19.0 Å². The fourth-order valence-corrected chi connectivity index (χ4v) is 1.65. The van der Waals surface area contributed by atoms with Crippen LogP contribution in [-0.4, -0.2) is 22.8 Å². The van der Waals surface area contributed by atoms with Gasteiger partial charge in [0.05, 0.1) is 11.8 Å². The van der Waals surface area contributed by atoms with Gasteiger partial charge in [0, 0.05) is 6.20 Å². The summed E-state index contributed by atoms with van der Waals surface area (Å²) in [4.78, 5) is 27.3. The van der Waals surface area contributed by atoms with Crippen LogP contribution in [-0.2, 0) is 11.0 Å². The van der Waals surface area contributed by atoms with E-state index in [1.54, 1.807) is 0 Å². The smallest absolute Gasteiger partial charge is 0.416 e. The quantitative estimate of drug-likeness (QED) is 0.903. The van der Waals surface area contributed by atoms with E-state index in [0.717, 1.165) is 12.3 Å². The molecule has 0 aliphatic carbocycles. The Morgan fingerprint density at radius 3 is 2.65 bits per heavy atom. The number of alkyl halides is 3. The minimum absolute atomic E-state index is 0.0156. The highest BCUT2D eigenvalue weighted by atomic mass is 19.4. The van der Waals surface area contributed by atoms with Crippen molar-refractivity contribution >= 4 is 17.6 Å². The molecule has 1 atom stereocenters. The molecule has 0 radical (unpaired) electrons. The Kier molecular flexibility index (Phi) is 4.68. The van der Waals surface area contributed by atoms with E-state index in [4.69, 9.17) is 4.42 Å². The maximum absolute atomic E-state index is 12.6. The van der Waals surface area contributed by atoms with Gasteiger partial charge in [-0.25, -0.2) is 4.98 Å². The molecule has 6 nitrogen and oxygen atoms in total. The summed E-state index contributed by atoms with van der Waals surface area (Å²) in [5.41, 5.74) is -0.935. The van der Waals surface area contributed by atoms with Gasteiger partial charge in [-0.1, -0.05) is 0 Å². The van der Waals surface area contributed by atoms with E-state index in [9.17, 15) is 22.8 Å². The van der Waals surface area contributed by atoms with Crippen LogP contribution in [0.3, 0.4) is 0 Å². The lowest BCUT2D eigenvalue weighted by molar-refractivity contribution is -0.137. The van der Waals surface area contributed by atoms with Gasteiger partial charge >= 0.3 is 6.18 Å². The third kappa shape index (κ3) is 4.31. The first-order valence-electron chi connectivity index (χ1n) is 6.46. The number of carbonyl (C=O) groups is 2. The van der Waals surface area contributed by atoms with Crippen molar-refractivity contribution in [3.05, 3.63) is 48.0 Å². The summed E-state index contributed by atoms with van der Waals surface area (Å²) in [6.45, 7) is 1.38. The highest BCUT2D eigenvalue weighted by molar-refractivity contribution is 5.99. The molecule has 2 aromatic rings. The molecule has 0 fully saturated rings. The minimum Gasteiger partial charge on any atom is -0.459 e. The third-order valence-electron chi connectivity index (χ3n) is 2.82. The molecular weight excluding hydrogens is 315 g/mol. The molecular formula is C14H12F3N3O3. The highest BCUT2D eigenvalue weighted by Gasteiger charge is 2.31. The number of halogens is 3. The summed E-state index contributed by atoms with van der Waals surface area (Å²) in [6, 6.07) is 3.42. The Morgan fingerprint density at radius 1 is 1.30 bits per heavy atom.